The minimum Gasteiger partial charge on any atom is -0.480 e. The molecule has 1 saturated carbocycles. The monoisotopic (exact) mass is 279 g/mol. The lowest BCUT2D eigenvalue weighted by Crippen LogP contribution is -2.59. The summed E-state index contributed by atoms with van der Waals surface area (Å²) < 4.78 is 1.80. The Morgan fingerprint density at radius 3 is 2.45 bits per heavy atom. The van der Waals surface area contributed by atoms with Crippen molar-refractivity contribution < 1.29 is 14.7 Å². The highest BCUT2D eigenvalue weighted by Crippen LogP contribution is 2.32. The average molecular weight is 279 g/mol. The number of hydrogen-bond donors (Lipinski definition) is 2. The van der Waals surface area contributed by atoms with Gasteiger partial charge >= 0.3 is 5.97 Å². The first-order valence-electron chi connectivity index (χ1n) is 6.89. The normalized spacial score (nSPS) is 16.6. The molecular weight excluding hydrogens is 258 g/mol. The van der Waals surface area contributed by atoms with Crippen LogP contribution in [0.5, 0.6) is 0 Å². The van der Waals surface area contributed by atoms with E-state index in [0.717, 1.165) is 23.4 Å². The molecule has 1 aromatic heterocycles. The molecule has 6 nitrogen and oxygen atoms in total. The second-order valence-electron chi connectivity index (χ2n) is 5.56. The second kappa shape index (κ2) is 5.26. The van der Waals surface area contributed by atoms with E-state index in [0.29, 0.717) is 25.7 Å². The van der Waals surface area contributed by atoms with E-state index in [-0.39, 0.29) is 5.91 Å². The first kappa shape index (κ1) is 14.6. The Morgan fingerprint density at radius 1 is 1.40 bits per heavy atom. The Balaban J connectivity index is 1.94. The number of aryl methyl sites for hydroxylation is 2. The molecule has 0 aromatic carbocycles. The number of carbonyl (C=O) groups excluding carboxylic acids is 1. The minimum atomic E-state index is -1.02. The lowest BCUT2D eigenvalue weighted by Gasteiger charge is -2.38. The number of rotatable bonds is 5. The van der Waals surface area contributed by atoms with Crippen molar-refractivity contribution in [3.05, 3.63) is 17.0 Å². The molecule has 0 aliphatic heterocycles. The van der Waals surface area contributed by atoms with E-state index < -0.39 is 11.5 Å². The van der Waals surface area contributed by atoms with E-state index in [9.17, 15) is 14.7 Å². The van der Waals surface area contributed by atoms with Gasteiger partial charge in [0.2, 0.25) is 5.91 Å². The third-order valence-electron chi connectivity index (χ3n) is 4.26. The van der Waals surface area contributed by atoms with Crippen molar-refractivity contribution in [1.82, 2.24) is 15.1 Å². The summed E-state index contributed by atoms with van der Waals surface area (Å²) in [5.41, 5.74) is 2.03. The number of aliphatic carboxylic acids is 1. The van der Waals surface area contributed by atoms with Gasteiger partial charge in [0, 0.05) is 19.2 Å². The van der Waals surface area contributed by atoms with Gasteiger partial charge in [-0.25, -0.2) is 4.79 Å². The molecule has 1 amide bonds. The van der Waals surface area contributed by atoms with Gasteiger partial charge in [-0.2, -0.15) is 5.10 Å². The minimum absolute atomic E-state index is 0.199. The fourth-order valence-electron chi connectivity index (χ4n) is 2.67. The number of aromatic nitrogens is 2. The standard InChI is InChI=1S/C14H21N3O3/c1-9-11(10(2)17(3)16-9)5-6-12(18)15-14(13(19)20)7-4-8-14/h4-8H2,1-3H3,(H,15,18)(H,19,20). The molecule has 0 spiro atoms. The van der Waals surface area contributed by atoms with Gasteiger partial charge in [-0.05, 0) is 45.1 Å². The number of amides is 1. The van der Waals surface area contributed by atoms with Gasteiger partial charge in [0.15, 0.2) is 0 Å². The second-order valence-corrected chi connectivity index (χ2v) is 5.56. The molecule has 20 heavy (non-hydrogen) atoms. The zero-order valence-electron chi connectivity index (χ0n) is 12.2. The maximum absolute atomic E-state index is 12.0. The summed E-state index contributed by atoms with van der Waals surface area (Å²) in [6.07, 6.45) is 2.79. The molecule has 1 heterocycles. The molecule has 1 aromatic rings. The third-order valence-corrected chi connectivity index (χ3v) is 4.26. The van der Waals surface area contributed by atoms with E-state index in [1.54, 1.807) is 4.68 Å². The fraction of sp³-hybridized carbons (Fsp3) is 0.643. The molecule has 0 bridgehead atoms. The molecule has 0 saturated heterocycles. The van der Waals surface area contributed by atoms with Crippen LogP contribution < -0.4 is 5.32 Å². The zero-order chi connectivity index (χ0) is 14.9. The quantitative estimate of drug-likeness (QED) is 0.845. The Hall–Kier alpha value is -1.85. The number of nitrogens with one attached hydrogen (secondary N) is 1. The van der Waals surface area contributed by atoms with E-state index >= 15 is 0 Å². The van der Waals surface area contributed by atoms with Crippen LogP contribution in [0.15, 0.2) is 0 Å². The molecule has 1 aliphatic rings. The lowest BCUT2D eigenvalue weighted by atomic mass is 9.76. The van der Waals surface area contributed by atoms with Crippen molar-refractivity contribution >= 4 is 11.9 Å². The van der Waals surface area contributed by atoms with Gasteiger partial charge in [-0.3, -0.25) is 9.48 Å². The third kappa shape index (κ3) is 2.55. The fourth-order valence-corrected chi connectivity index (χ4v) is 2.67. The topological polar surface area (TPSA) is 84.2 Å². The van der Waals surface area contributed by atoms with Gasteiger partial charge in [-0.1, -0.05) is 0 Å². The van der Waals surface area contributed by atoms with Crippen LogP contribution in [0.25, 0.3) is 0 Å². The first-order chi connectivity index (χ1) is 9.35. The molecular formula is C14H21N3O3. The van der Waals surface area contributed by atoms with E-state index in [4.69, 9.17) is 0 Å². The highest BCUT2D eigenvalue weighted by Gasteiger charge is 2.45. The zero-order valence-corrected chi connectivity index (χ0v) is 12.2. The molecule has 2 N–H and O–H groups in total. The molecule has 1 aliphatic carbocycles. The summed E-state index contributed by atoms with van der Waals surface area (Å²) in [6, 6.07) is 0. The molecule has 0 atom stereocenters. The number of carbonyl (C=O) groups is 2. The number of nitrogens with zero attached hydrogens (tertiary/aromatic N) is 2. The largest absolute Gasteiger partial charge is 0.480 e. The van der Waals surface area contributed by atoms with Gasteiger partial charge in [-0.15, -0.1) is 0 Å². The first-order valence-corrected chi connectivity index (χ1v) is 6.89. The SMILES string of the molecule is Cc1nn(C)c(C)c1CCC(=O)NC1(C(=O)O)CCC1. The van der Waals surface area contributed by atoms with Gasteiger partial charge in [0.05, 0.1) is 5.69 Å². The molecule has 0 unspecified atom stereocenters. The van der Waals surface area contributed by atoms with Crippen molar-refractivity contribution in [3.8, 4) is 0 Å². The smallest absolute Gasteiger partial charge is 0.329 e. The summed E-state index contributed by atoms with van der Waals surface area (Å²) in [7, 11) is 1.87. The van der Waals surface area contributed by atoms with Crippen LogP contribution in [0.3, 0.4) is 0 Å². The Bertz CT molecular complexity index is 544. The Labute approximate surface area is 118 Å². The van der Waals surface area contributed by atoms with Crippen molar-refractivity contribution in [2.24, 2.45) is 7.05 Å². The summed E-state index contributed by atoms with van der Waals surface area (Å²) >= 11 is 0. The maximum Gasteiger partial charge on any atom is 0.329 e. The van der Waals surface area contributed by atoms with Gasteiger partial charge in [0.25, 0.3) is 0 Å². The average Bonchev–Trinajstić information content (AvgIpc) is 2.55. The van der Waals surface area contributed by atoms with E-state index in [2.05, 4.69) is 10.4 Å². The van der Waals surface area contributed by atoms with Gasteiger partial charge in [0.1, 0.15) is 5.54 Å². The van der Waals surface area contributed by atoms with Crippen LogP contribution in [0.1, 0.15) is 42.6 Å². The van der Waals surface area contributed by atoms with Crippen molar-refractivity contribution in [1.29, 1.82) is 0 Å². The summed E-state index contributed by atoms with van der Waals surface area (Å²) in [5.74, 6) is -1.12. The summed E-state index contributed by atoms with van der Waals surface area (Å²) in [4.78, 5) is 23.2. The highest BCUT2D eigenvalue weighted by molar-refractivity contribution is 5.87. The van der Waals surface area contributed by atoms with Crippen LogP contribution in [0.2, 0.25) is 0 Å². The van der Waals surface area contributed by atoms with Crippen LogP contribution >= 0.6 is 0 Å². The number of carboxylic acids is 1. The van der Waals surface area contributed by atoms with Crippen LogP contribution in [-0.4, -0.2) is 32.3 Å². The number of hydrogen-bond acceptors (Lipinski definition) is 3. The van der Waals surface area contributed by atoms with Crippen LogP contribution in [0.4, 0.5) is 0 Å². The lowest BCUT2D eigenvalue weighted by molar-refractivity contribution is -0.151. The summed E-state index contributed by atoms with van der Waals surface area (Å²) in [5, 5.41) is 16.2. The summed E-state index contributed by atoms with van der Waals surface area (Å²) in [6.45, 7) is 3.89. The number of carboxylic acid groups (broad SMARTS) is 1. The van der Waals surface area contributed by atoms with Crippen molar-refractivity contribution in [2.75, 3.05) is 0 Å². The molecule has 110 valence electrons. The van der Waals surface area contributed by atoms with E-state index in [1.807, 2.05) is 20.9 Å². The van der Waals surface area contributed by atoms with Gasteiger partial charge < -0.3 is 10.4 Å². The van der Waals surface area contributed by atoms with Crippen LogP contribution in [-0.2, 0) is 23.1 Å². The van der Waals surface area contributed by atoms with Crippen molar-refractivity contribution in [2.45, 2.75) is 51.5 Å². The molecule has 0 radical (unpaired) electrons. The Kier molecular flexibility index (Phi) is 3.83. The maximum atomic E-state index is 12.0. The predicted molar refractivity (Wildman–Crippen MR) is 73.4 cm³/mol. The molecule has 6 heteroatoms. The van der Waals surface area contributed by atoms with E-state index in [1.165, 1.54) is 0 Å². The van der Waals surface area contributed by atoms with Crippen molar-refractivity contribution in [3.63, 3.8) is 0 Å². The van der Waals surface area contributed by atoms with Crippen LogP contribution in [0, 0.1) is 13.8 Å². The highest BCUT2D eigenvalue weighted by atomic mass is 16.4. The molecule has 1 fully saturated rings. The molecule has 2 rings (SSSR count). The predicted octanol–water partition coefficient (Wildman–Crippen LogP) is 1.09. The Morgan fingerprint density at radius 2 is 2.05 bits per heavy atom.